The number of carbonyl (C=O) groups excluding carboxylic acids is 2. The van der Waals surface area contributed by atoms with Crippen molar-refractivity contribution < 1.29 is 9.59 Å². The number of carbonyl (C=O) groups is 2. The van der Waals surface area contributed by atoms with E-state index < -0.39 is 5.41 Å². The van der Waals surface area contributed by atoms with Gasteiger partial charge in [0.05, 0.1) is 0 Å². The van der Waals surface area contributed by atoms with Crippen molar-refractivity contribution in [2.45, 2.75) is 33.2 Å². The van der Waals surface area contributed by atoms with Crippen LogP contribution in [0.15, 0.2) is 48.5 Å². The molecule has 0 saturated heterocycles. The molecule has 2 aromatic rings. The highest BCUT2D eigenvalue weighted by Crippen LogP contribution is 2.47. The first-order valence-electron chi connectivity index (χ1n) is 8.22. The van der Waals surface area contributed by atoms with Gasteiger partial charge < -0.3 is 10.6 Å². The Hall–Kier alpha value is -2.62. The zero-order chi connectivity index (χ0) is 17.2. The summed E-state index contributed by atoms with van der Waals surface area (Å²) in [7, 11) is 0. The Morgan fingerprint density at radius 1 is 0.958 bits per heavy atom. The number of hydrogen-bond donors (Lipinski definition) is 2. The number of amides is 2. The lowest BCUT2D eigenvalue weighted by atomic mass is 10.0. The summed E-state index contributed by atoms with van der Waals surface area (Å²) < 4.78 is 0. The molecule has 0 heterocycles. The molecule has 4 nitrogen and oxygen atoms in total. The lowest BCUT2D eigenvalue weighted by molar-refractivity contribution is -0.134. The van der Waals surface area contributed by atoms with Gasteiger partial charge in [0.15, 0.2) is 0 Å². The van der Waals surface area contributed by atoms with Crippen molar-refractivity contribution in [1.82, 2.24) is 5.32 Å². The molecule has 2 N–H and O–H groups in total. The van der Waals surface area contributed by atoms with E-state index in [2.05, 4.69) is 16.7 Å². The second-order valence-corrected chi connectivity index (χ2v) is 6.58. The maximum Gasteiger partial charge on any atom is 0.240 e. The molecule has 0 atom stereocenters. The van der Waals surface area contributed by atoms with Crippen molar-refractivity contribution in [3.05, 3.63) is 65.2 Å². The SMILES string of the molecule is Cc1cc(C)cc(NC(=O)C2(C(=O)NCc3ccccc3)CC2)c1. The minimum Gasteiger partial charge on any atom is -0.351 e. The van der Waals surface area contributed by atoms with Gasteiger partial charge in [0.2, 0.25) is 11.8 Å². The molecule has 1 saturated carbocycles. The summed E-state index contributed by atoms with van der Waals surface area (Å²) in [6, 6.07) is 15.6. The third kappa shape index (κ3) is 3.48. The average molecular weight is 322 g/mol. The van der Waals surface area contributed by atoms with Crippen LogP contribution in [0.5, 0.6) is 0 Å². The summed E-state index contributed by atoms with van der Waals surface area (Å²) in [4.78, 5) is 25.1. The molecule has 0 aliphatic heterocycles. The highest BCUT2D eigenvalue weighted by atomic mass is 16.2. The van der Waals surface area contributed by atoms with E-state index in [1.54, 1.807) is 0 Å². The Balaban J connectivity index is 1.64. The summed E-state index contributed by atoms with van der Waals surface area (Å²) in [5.74, 6) is -0.397. The third-order valence-electron chi connectivity index (χ3n) is 4.39. The van der Waals surface area contributed by atoms with Crippen LogP contribution in [-0.2, 0) is 16.1 Å². The van der Waals surface area contributed by atoms with Crippen LogP contribution in [0.2, 0.25) is 0 Å². The summed E-state index contributed by atoms with van der Waals surface area (Å²) in [6.45, 7) is 4.42. The van der Waals surface area contributed by atoms with Crippen LogP contribution in [0.3, 0.4) is 0 Å². The number of nitrogens with one attached hydrogen (secondary N) is 2. The molecule has 24 heavy (non-hydrogen) atoms. The van der Waals surface area contributed by atoms with Crippen molar-refractivity contribution in [3.63, 3.8) is 0 Å². The fourth-order valence-corrected chi connectivity index (χ4v) is 2.93. The lowest BCUT2D eigenvalue weighted by Crippen LogP contribution is -2.39. The van der Waals surface area contributed by atoms with E-state index in [1.807, 2.05) is 56.3 Å². The van der Waals surface area contributed by atoms with Gasteiger partial charge in [-0.05, 0) is 55.5 Å². The molecule has 4 heteroatoms. The molecule has 2 amide bonds. The Labute approximate surface area is 142 Å². The van der Waals surface area contributed by atoms with Gasteiger partial charge in [-0.25, -0.2) is 0 Å². The molecular weight excluding hydrogens is 300 g/mol. The summed E-state index contributed by atoms with van der Waals surface area (Å²) in [5.41, 5.74) is 3.04. The molecule has 1 fully saturated rings. The minimum atomic E-state index is -0.910. The minimum absolute atomic E-state index is 0.187. The first-order chi connectivity index (χ1) is 11.5. The zero-order valence-electron chi connectivity index (χ0n) is 14.1. The predicted molar refractivity (Wildman–Crippen MR) is 94.5 cm³/mol. The van der Waals surface area contributed by atoms with Crippen molar-refractivity contribution >= 4 is 17.5 Å². The maximum atomic E-state index is 12.6. The maximum absolute atomic E-state index is 12.6. The van der Waals surface area contributed by atoms with E-state index in [0.717, 1.165) is 22.4 Å². The number of benzene rings is 2. The molecule has 0 aromatic heterocycles. The Morgan fingerprint density at radius 3 is 2.17 bits per heavy atom. The van der Waals surface area contributed by atoms with Gasteiger partial charge in [-0.15, -0.1) is 0 Å². The summed E-state index contributed by atoms with van der Waals surface area (Å²) in [5, 5.41) is 5.80. The van der Waals surface area contributed by atoms with Crippen molar-refractivity contribution in [3.8, 4) is 0 Å². The molecule has 0 bridgehead atoms. The normalized spacial score (nSPS) is 14.8. The lowest BCUT2D eigenvalue weighted by Gasteiger charge is -2.16. The molecule has 1 aliphatic rings. The van der Waals surface area contributed by atoms with Crippen LogP contribution in [-0.4, -0.2) is 11.8 Å². The highest BCUT2D eigenvalue weighted by molar-refractivity contribution is 6.13. The topological polar surface area (TPSA) is 58.2 Å². The van der Waals surface area contributed by atoms with Crippen molar-refractivity contribution in [2.75, 3.05) is 5.32 Å². The average Bonchev–Trinajstić information content (AvgIpc) is 3.34. The first kappa shape index (κ1) is 16.2. The van der Waals surface area contributed by atoms with Crippen LogP contribution in [0.1, 0.15) is 29.5 Å². The van der Waals surface area contributed by atoms with Crippen molar-refractivity contribution in [2.24, 2.45) is 5.41 Å². The van der Waals surface area contributed by atoms with E-state index in [4.69, 9.17) is 0 Å². The number of hydrogen-bond acceptors (Lipinski definition) is 2. The number of rotatable bonds is 5. The Kier molecular flexibility index (Phi) is 4.38. The van der Waals surface area contributed by atoms with Crippen molar-refractivity contribution in [1.29, 1.82) is 0 Å². The van der Waals surface area contributed by atoms with Gasteiger partial charge in [0, 0.05) is 12.2 Å². The molecule has 3 rings (SSSR count). The standard InChI is InChI=1S/C20H22N2O2/c1-14-10-15(2)12-17(11-14)22-19(24)20(8-9-20)18(23)21-13-16-6-4-3-5-7-16/h3-7,10-12H,8-9,13H2,1-2H3,(H,21,23)(H,22,24). The molecule has 124 valence electrons. The first-order valence-corrected chi connectivity index (χ1v) is 8.22. The van der Waals surface area contributed by atoms with Crippen LogP contribution < -0.4 is 10.6 Å². The third-order valence-corrected chi connectivity index (χ3v) is 4.39. The van der Waals surface area contributed by atoms with Gasteiger partial charge in [-0.3, -0.25) is 9.59 Å². The molecule has 0 unspecified atom stereocenters. The van der Waals surface area contributed by atoms with E-state index >= 15 is 0 Å². The van der Waals surface area contributed by atoms with E-state index in [0.29, 0.717) is 19.4 Å². The molecule has 1 aliphatic carbocycles. The van der Waals surface area contributed by atoms with E-state index in [9.17, 15) is 9.59 Å². The van der Waals surface area contributed by atoms with E-state index in [1.165, 1.54) is 0 Å². The monoisotopic (exact) mass is 322 g/mol. The summed E-state index contributed by atoms with van der Waals surface area (Å²) in [6.07, 6.45) is 1.20. The molecule has 2 aromatic carbocycles. The second-order valence-electron chi connectivity index (χ2n) is 6.58. The second kappa shape index (κ2) is 6.48. The van der Waals surface area contributed by atoms with Crippen LogP contribution in [0.4, 0.5) is 5.69 Å². The van der Waals surface area contributed by atoms with Crippen LogP contribution in [0, 0.1) is 19.3 Å². The fraction of sp³-hybridized carbons (Fsp3) is 0.300. The van der Waals surface area contributed by atoms with E-state index in [-0.39, 0.29) is 11.8 Å². The molecule has 0 radical (unpaired) electrons. The Morgan fingerprint density at radius 2 is 1.58 bits per heavy atom. The number of anilines is 1. The van der Waals surface area contributed by atoms with Crippen LogP contribution in [0.25, 0.3) is 0 Å². The van der Waals surface area contributed by atoms with Gasteiger partial charge in [0.25, 0.3) is 0 Å². The largest absolute Gasteiger partial charge is 0.351 e. The van der Waals surface area contributed by atoms with Gasteiger partial charge >= 0.3 is 0 Å². The summed E-state index contributed by atoms with van der Waals surface area (Å²) >= 11 is 0. The Bertz CT molecular complexity index is 744. The zero-order valence-corrected chi connectivity index (χ0v) is 14.1. The van der Waals surface area contributed by atoms with Gasteiger partial charge in [-0.1, -0.05) is 36.4 Å². The fourth-order valence-electron chi connectivity index (χ4n) is 2.93. The molecule has 0 spiro atoms. The van der Waals surface area contributed by atoms with Gasteiger partial charge in [0.1, 0.15) is 5.41 Å². The predicted octanol–water partition coefficient (Wildman–Crippen LogP) is 3.34. The smallest absolute Gasteiger partial charge is 0.240 e. The van der Waals surface area contributed by atoms with Gasteiger partial charge in [-0.2, -0.15) is 0 Å². The highest BCUT2D eigenvalue weighted by Gasteiger charge is 2.56. The quantitative estimate of drug-likeness (QED) is 0.830. The number of aryl methyl sites for hydroxylation is 2. The van der Waals surface area contributed by atoms with Crippen LogP contribution >= 0.6 is 0 Å². The molecular formula is C20H22N2O2.